The molecule has 0 saturated heterocycles. The molecule has 4 rings (SSSR count). The van der Waals surface area contributed by atoms with Crippen LogP contribution in [0.15, 0.2) is 53.9 Å². The molecule has 0 unspecified atom stereocenters. The number of esters is 1. The van der Waals surface area contributed by atoms with Crippen LogP contribution in [0.2, 0.25) is 0 Å². The molecule has 4 aromatic rings. The molecule has 158 valence electrons. The quantitative estimate of drug-likeness (QED) is 0.403. The third-order valence-corrected chi connectivity index (χ3v) is 6.02. The average Bonchev–Trinajstić information content (AvgIpc) is 3.31. The van der Waals surface area contributed by atoms with E-state index in [1.54, 1.807) is 30.7 Å². The average molecular weight is 437 g/mol. The van der Waals surface area contributed by atoms with Crippen molar-refractivity contribution in [1.82, 2.24) is 4.57 Å². The largest absolute Gasteiger partial charge is 0.462 e. The first-order valence-electron chi connectivity index (χ1n) is 9.81. The van der Waals surface area contributed by atoms with E-state index in [0.717, 1.165) is 11.1 Å². The van der Waals surface area contributed by atoms with E-state index in [4.69, 9.17) is 4.74 Å². The van der Waals surface area contributed by atoms with Crippen molar-refractivity contribution in [2.75, 3.05) is 11.9 Å². The van der Waals surface area contributed by atoms with Crippen molar-refractivity contribution in [2.24, 2.45) is 7.05 Å². The third kappa shape index (κ3) is 3.84. The Hall–Kier alpha value is -3.45. The Kier molecular flexibility index (Phi) is 5.61. The van der Waals surface area contributed by atoms with Gasteiger partial charge in [-0.3, -0.25) is 4.79 Å². The van der Waals surface area contributed by atoms with Gasteiger partial charge in [0.05, 0.1) is 12.1 Å². The van der Waals surface area contributed by atoms with Gasteiger partial charge in [-0.25, -0.2) is 9.18 Å². The lowest BCUT2D eigenvalue weighted by molar-refractivity contribution is 0.0529. The summed E-state index contributed by atoms with van der Waals surface area (Å²) in [6, 6.07) is 14.0. The highest BCUT2D eigenvalue weighted by Crippen LogP contribution is 2.37. The molecule has 0 aliphatic carbocycles. The minimum absolute atomic E-state index is 0.220. The number of benzene rings is 2. The number of fused-ring (bicyclic) bond motifs is 1. The molecule has 5 nitrogen and oxygen atoms in total. The van der Waals surface area contributed by atoms with Gasteiger partial charge < -0.3 is 14.6 Å². The second-order valence-electron chi connectivity index (χ2n) is 7.16. The van der Waals surface area contributed by atoms with E-state index in [-0.39, 0.29) is 6.61 Å². The van der Waals surface area contributed by atoms with Gasteiger partial charge in [0.25, 0.3) is 5.91 Å². The van der Waals surface area contributed by atoms with Crippen LogP contribution in [0.3, 0.4) is 0 Å². The summed E-state index contributed by atoms with van der Waals surface area (Å²) in [5.41, 5.74) is 3.88. The van der Waals surface area contributed by atoms with Gasteiger partial charge in [-0.1, -0.05) is 35.9 Å². The molecule has 0 atom stereocenters. The second kappa shape index (κ2) is 8.35. The zero-order valence-electron chi connectivity index (χ0n) is 17.4. The third-order valence-electron chi connectivity index (χ3n) is 5.13. The number of hydrogen-bond donors (Lipinski definition) is 1. The monoisotopic (exact) mass is 436 g/mol. The first-order valence-corrected chi connectivity index (χ1v) is 10.7. The van der Waals surface area contributed by atoms with Crippen molar-refractivity contribution >= 4 is 39.1 Å². The molecule has 0 aliphatic heterocycles. The van der Waals surface area contributed by atoms with E-state index in [2.05, 4.69) is 5.32 Å². The number of nitrogens with zero attached hydrogens (tertiary/aromatic N) is 1. The fourth-order valence-corrected chi connectivity index (χ4v) is 4.46. The second-order valence-corrected chi connectivity index (χ2v) is 8.04. The molecule has 0 aliphatic rings. The molecule has 2 heterocycles. The van der Waals surface area contributed by atoms with Crippen LogP contribution >= 0.6 is 11.3 Å². The number of ether oxygens (including phenoxy) is 1. The minimum Gasteiger partial charge on any atom is -0.462 e. The van der Waals surface area contributed by atoms with Crippen LogP contribution in [-0.2, 0) is 11.8 Å². The highest BCUT2D eigenvalue weighted by atomic mass is 32.1. The van der Waals surface area contributed by atoms with E-state index in [1.165, 1.54) is 23.5 Å². The molecule has 0 bridgehead atoms. The summed E-state index contributed by atoms with van der Waals surface area (Å²) in [6.07, 6.45) is 0. The first-order chi connectivity index (χ1) is 14.9. The van der Waals surface area contributed by atoms with Gasteiger partial charge in [0.1, 0.15) is 22.1 Å². The van der Waals surface area contributed by atoms with Crippen LogP contribution in [0.1, 0.15) is 33.3 Å². The summed E-state index contributed by atoms with van der Waals surface area (Å²) < 4.78 is 21.0. The molecular formula is C24H21FN2O3S. The standard InChI is InChI=1S/C24H21FN2O3S/c1-4-30-24(29)21-17(15-10-8-14(2)9-11-15)13-31-23(21)26-22(28)20-12-16-18(25)6-5-7-19(16)27(20)3/h5-13H,4H2,1-3H3,(H,26,28). The van der Waals surface area contributed by atoms with E-state index in [0.29, 0.717) is 32.7 Å². The van der Waals surface area contributed by atoms with Crippen molar-refractivity contribution in [3.63, 3.8) is 0 Å². The molecule has 0 radical (unpaired) electrons. The number of rotatable bonds is 5. The molecular weight excluding hydrogens is 415 g/mol. The summed E-state index contributed by atoms with van der Waals surface area (Å²) in [7, 11) is 1.70. The lowest BCUT2D eigenvalue weighted by atomic mass is 10.0. The van der Waals surface area contributed by atoms with E-state index < -0.39 is 17.7 Å². The number of hydrogen-bond acceptors (Lipinski definition) is 4. The first kappa shape index (κ1) is 20.8. The van der Waals surface area contributed by atoms with Crippen LogP contribution < -0.4 is 5.32 Å². The number of aryl methyl sites for hydroxylation is 2. The predicted octanol–water partition coefficient (Wildman–Crippen LogP) is 5.78. The van der Waals surface area contributed by atoms with Crippen LogP contribution in [0, 0.1) is 12.7 Å². The molecule has 1 amide bonds. The molecule has 1 N–H and O–H groups in total. The Bertz CT molecular complexity index is 1290. The van der Waals surface area contributed by atoms with Crippen molar-refractivity contribution in [1.29, 1.82) is 0 Å². The van der Waals surface area contributed by atoms with Gasteiger partial charge in [-0.2, -0.15) is 0 Å². The van der Waals surface area contributed by atoms with Crippen LogP contribution in [0.5, 0.6) is 0 Å². The Morgan fingerprint density at radius 2 is 1.90 bits per heavy atom. The summed E-state index contributed by atoms with van der Waals surface area (Å²) >= 11 is 1.25. The number of amides is 1. The van der Waals surface area contributed by atoms with Crippen LogP contribution in [0.25, 0.3) is 22.0 Å². The van der Waals surface area contributed by atoms with Crippen LogP contribution in [0.4, 0.5) is 9.39 Å². The predicted molar refractivity (Wildman–Crippen MR) is 121 cm³/mol. The maximum atomic E-state index is 14.1. The number of thiophene rings is 1. The fraction of sp³-hybridized carbons (Fsp3) is 0.167. The topological polar surface area (TPSA) is 60.3 Å². The van der Waals surface area contributed by atoms with Gasteiger partial charge in [0.15, 0.2) is 0 Å². The molecule has 31 heavy (non-hydrogen) atoms. The summed E-state index contributed by atoms with van der Waals surface area (Å²) in [5.74, 6) is -1.32. The van der Waals surface area contributed by atoms with E-state index >= 15 is 0 Å². The van der Waals surface area contributed by atoms with E-state index in [9.17, 15) is 14.0 Å². The summed E-state index contributed by atoms with van der Waals surface area (Å²) in [6.45, 7) is 3.94. The van der Waals surface area contributed by atoms with Gasteiger partial charge in [0, 0.05) is 23.4 Å². The smallest absolute Gasteiger partial charge is 0.341 e. The molecule has 0 spiro atoms. The number of aromatic nitrogens is 1. The maximum absolute atomic E-state index is 14.1. The van der Waals surface area contributed by atoms with E-state index in [1.807, 2.05) is 36.6 Å². The number of halogens is 1. The zero-order valence-corrected chi connectivity index (χ0v) is 18.2. The number of nitrogens with one attached hydrogen (secondary N) is 1. The van der Waals surface area contributed by atoms with Gasteiger partial charge in [-0.15, -0.1) is 11.3 Å². The maximum Gasteiger partial charge on any atom is 0.341 e. The summed E-state index contributed by atoms with van der Waals surface area (Å²) in [5, 5.41) is 5.41. The molecule has 2 aromatic carbocycles. The zero-order chi connectivity index (χ0) is 22.1. The fourth-order valence-electron chi connectivity index (χ4n) is 3.51. The number of carbonyl (C=O) groups is 2. The van der Waals surface area contributed by atoms with Crippen molar-refractivity contribution in [3.05, 3.63) is 76.5 Å². The highest BCUT2D eigenvalue weighted by molar-refractivity contribution is 7.15. The Labute approximate surface area is 183 Å². The number of anilines is 1. The highest BCUT2D eigenvalue weighted by Gasteiger charge is 2.24. The minimum atomic E-state index is -0.502. The Balaban J connectivity index is 1.74. The Morgan fingerprint density at radius 1 is 1.16 bits per heavy atom. The number of carbonyl (C=O) groups excluding carboxylic acids is 2. The van der Waals surface area contributed by atoms with Crippen molar-refractivity contribution in [3.8, 4) is 11.1 Å². The van der Waals surface area contributed by atoms with Crippen molar-refractivity contribution in [2.45, 2.75) is 13.8 Å². The van der Waals surface area contributed by atoms with Gasteiger partial charge in [0.2, 0.25) is 0 Å². The van der Waals surface area contributed by atoms with Crippen molar-refractivity contribution < 1.29 is 18.7 Å². The lowest BCUT2D eigenvalue weighted by Crippen LogP contribution is -2.17. The lowest BCUT2D eigenvalue weighted by Gasteiger charge is -2.09. The van der Waals surface area contributed by atoms with Gasteiger partial charge >= 0.3 is 5.97 Å². The molecule has 0 fully saturated rings. The molecule has 7 heteroatoms. The van der Waals surface area contributed by atoms with Gasteiger partial charge in [-0.05, 0) is 37.6 Å². The normalized spacial score (nSPS) is 11.0. The molecule has 2 aromatic heterocycles. The Morgan fingerprint density at radius 3 is 2.58 bits per heavy atom. The SMILES string of the molecule is CCOC(=O)c1c(-c2ccc(C)cc2)csc1NC(=O)c1cc2c(F)cccc2n1C. The summed E-state index contributed by atoms with van der Waals surface area (Å²) in [4.78, 5) is 25.8. The van der Waals surface area contributed by atoms with Crippen LogP contribution in [-0.4, -0.2) is 23.1 Å². The molecule has 0 saturated carbocycles.